The largest absolute Gasteiger partial charge is 0.381 e. The van der Waals surface area contributed by atoms with E-state index in [9.17, 15) is 0 Å². The lowest BCUT2D eigenvalue weighted by Gasteiger charge is -2.36. The highest BCUT2D eigenvalue weighted by Gasteiger charge is 2.24. The Hall–Kier alpha value is -6.00. The molecule has 0 spiro atoms. The number of pyridine rings is 2. The van der Waals surface area contributed by atoms with Crippen LogP contribution < -0.4 is 10.2 Å². The van der Waals surface area contributed by atoms with Crippen LogP contribution >= 0.6 is 0 Å². The molecule has 0 radical (unpaired) electrons. The minimum Gasteiger partial charge on any atom is -0.381 e. The van der Waals surface area contributed by atoms with Gasteiger partial charge in [-0.1, -0.05) is 97.7 Å². The van der Waals surface area contributed by atoms with Gasteiger partial charge in [0.2, 0.25) is 0 Å². The van der Waals surface area contributed by atoms with E-state index in [0.29, 0.717) is 0 Å². The maximum absolute atomic E-state index is 4.34. The van der Waals surface area contributed by atoms with Crippen molar-refractivity contribution < 1.29 is 0 Å². The molecule has 3 heterocycles. The van der Waals surface area contributed by atoms with Gasteiger partial charge in [0.15, 0.2) is 0 Å². The molecule has 4 aliphatic rings. The molecule has 0 amide bonds. The number of anilines is 1. The molecule has 2 aromatic heterocycles. The van der Waals surface area contributed by atoms with Crippen LogP contribution in [0, 0.1) is 0 Å². The number of fused-ring (bicyclic) bond motifs is 1. The monoisotopic (exact) mass is 662 g/mol. The number of rotatable bonds is 9. The molecule has 0 saturated carbocycles. The Bertz CT molecular complexity index is 2250. The third-order valence-electron chi connectivity index (χ3n) is 10.3. The lowest BCUT2D eigenvalue weighted by molar-refractivity contribution is 0.713. The number of hydrogen-bond donors (Lipinski definition) is 1. The van der Waals surface area contributed by atoms with Crippen LogP contribution in [0.2, 0.25) is 0 Å². The van der Waals surface area contributed by atoms with E-state index < -0.39 is 0 Å². The number of aromatic nitrogens is 2. The Balaban J connectivity index is 1.06. The smallest absolute Gasteiger partial charge is 0.0557 e. The van der Waals surface area contributed by atoms with Crippen LogP contribution in [0.15, 0.2) is 175 Å². The fourth-order valence-electron chi connectivity index (χ4n) is 7.43. The predicted molar refractivity (Wildman–Crippen MR) is 215 cm³/mol. The molecule has 3 aliphatic carbocycles. The van der Waals surface area contributed by atoms with Crippen molar-refractivity contribution in [3.63, 3.8) is 0 Å². The summed E-state index contributed by atoms with van der Waals surface area (Å²) in [5, 5.41) is 5.90. The number of dihydropyridines is 1. The molecule has 0 fully saturated rings. The third kappa shape index (κ3) is 7.18. The lowest BCUT2D eigenvalue weighted by Crippen LogP contribution is -2.34. The van der Waals surface area contributed by atoms with Crippen molar-refractivity contribution in [2.75, 3.05) is 11.4 Å². The summed E-state index contributed by atoms with van der Waals surface area (Å²) in [7, 11) is 0. The molecule has 4 heteroatoms. The standard InChI is InChI=1S/C47H42N4/c1-2-35-26-29-48-32-42(35)9-6-34-7-20-44(21-8-34)51(46-24-18-38(19-25-46)41-15-12-39-27-30-49-33-43(39)31-41)45-22-16-37(17-23-45)36-10-13-40(14-11-36)47-5-3-4-28-50-47/h2-10,12-13,15-16,18-22,24,26-27,29-33,46,50H,1,11,14,17,23,25,28H2/b9-6+. The second kappa shape index (κ2) is 14.9. The van der Waals surface area contributed by atoms with Crippen LogP contribution in [0.1, 0.15) is 54.4 Å². The first-order valence-corrected chi connectivity index (χ1v) is 18.0. The van der Waals surface area contributed by atoms with Gasteiger partial charge >= 0.3 is 0 Å². The molecule has 0 saturated heterocycles. The van der Waals surface area contributed by atoms with Gasteiger partial charge in [0.1, 0.15) is 0 Å². The maximum atomic E-state index is 4.34. The first kappa shape index (κ1) is 32.2. The van der Waals surface area contributed by atoms with Gasteiger partial charge in [-0.3, -0.25) is 9.97 Å². The molecule has 4 nitrogen and oxygen atoms in total. The van der Waals surface area contributed by atoms with E-state index in [1.165, 1.54) is 55.7 Å². The zero-order chi connectivity index (χ0) is 34.4. The summed E-state index contributed by atoms with van der Waals surface area (Å²) in [6.07, 6.45) is 41.7. The Morgan fingerprint density at radius 2 is 1.55 bits per heavy atom. The zero-order valence-corrected chi connectivity index (χ0v) is 28.9. The molecule has 8 rings (SSSR count). The van der Waals surface area contributed by atoms with Crippen molar-refractivity contribution in [3.05, 3.63) is 197 Å². The molecule has 0 bridgehead atoms. The Morgan fingerprint density at radius 3 is 2.29 bits per heavy atom. The van der Waals surface area contributed by atoms with Crippen molar-refractivity contribution >= 4 is 40.3 Å². The quantitative estimate of drug-likeness (QED) is 0.194. The van der Waals surface area contributed by atoms with E-state index in [2.05, 4.69) is 148 Å². The molecule has 4 aromatic rings. The van der Waals surface area contributed by atoms with E-state index in [4.69, 9.17) is 0 Å². The fraction of sp³-hybridized carbons (Fsp3) is 0.149. The highest BCUT2D eigenvalue weighted by atomic mass is 15.2. The molecule has 1 atom stereocenters. The number of benzene rings is 2. The average Bonchev–Trinajstić information content (AvgIpc) is 3.21. The van der Waals surface area contributed by atoms with Gasteiger partial charge in [-0.15, -0.1) is 0 Å². The summed E-state index contributed by atoms with van der Waals surface area (Å²) in [5.74, 6) is 0. The summed E-state index contributed by atoms with van der Waals surface area (Å²) < 4.78 is 0. The summed E-state index contributed by atoms with van der Waals surface area (Å²) in [6.45, 7) is 4.86. The van der Waals surface area contributed by atoms with Crippen molar-refractivity contribution in [2.24, 2.45) is 0 Å². The minimum atomic E-state index is 0.216. The van der Waals surface area contributed by atoms with E-state index in [0.717, 1.165) is 55.3 Å². The van der Waals surface area contributed by atoms with E-state index in [1.807, 2.05) is 30.7 Å². The van der Waals surface area contributed by atoms with Crippen molar-refractivity contribution in [2.45, 2.75) is 38.1 Å². The van der Waals surface area contributed by atoms with E-state index >= 15 is 0 Å². The molecular weight excluding hydrogens is 621 g/mol. The maximum Gasteiger partial charge on any atom is 0.0557 e. The average molecular weight is 663 g/mol. The summed E-state index contributed by atoms with van der Waals surface area (Å²) in [5.41, 5.74) is 13.9. The topological polar surface area (TPSA) is 41.1 Å². The fourth-order valence-corrected chi connectivity index (χ4v) is 7.43. The Kier molecular flexibility index (Phi) is 9.39. The third-order valence-corrected chi connectivity index (χ3v) is 10.3. The van der Waals surface area contributed by atoms with Crippen LogP contribution in [-0.4, -0.2) is 22.6 Å². The van der Waals surface area contributed by atoms with Gasteiger partial charge < -0.3 is 10.2 Å². The number of allylic oxidation sites excluding steroid dienone is 12. The lowest BCUT2D eigenvalue weighted by atomic mass is 9.87. The van der Waals surface area contributed by atoms with Gasteiger partial charge in [0, 0.05) is 53.8 Å². The van der Waals surface area contributed by atoms with Crippen molar-refractivity contribution in [1.29, 1.82) is 0 Å². The Morgan fingerprint density at radius 1 is 0.745 bits per heavy atom. The SMILES string of the molecule is C=Cc1ccncc1/C=C/c1ccc(N(C2=CC=C(C3=CC=C(C4=CC=CCN4)CC3)CC2)C2C=CC(c3ccc4ccncc4c3)=CC2)cc1. The number of nitrogens with zero attached hydrogens (tertiary/aromatic N) is 3. The van der Waals surface area contributed by atoms with Gasteiger partial charge in [-0.25, -0.2) is 0 Å². The summed E-state index contributed by atoms with van der Waals surface area (Å²) in [6, 6.07) is 19.9. The van der Waals surface area contributed by atoms with Crippen molar-refractivity contribution in [1.82, 2.24) is 15.3 Å². The number of hydrogen-bond acceptors (Lipinski definition) is 4. The van der Waals surface area contributed by atoms with E-state index in [1.54, 1.807) is 6.20 Å². The molecule has 1 N–H and O–H groups in total. The first-order chi connectivity index (χ1) is 25.2. The molecule has 2 aromatic carbocycles. The predicted octanol–water partition coefficient (Wildman–Crippen LogP) is 11.0. The van der Waals surface area contributed by atoms with Gasteiger partial charge in [-0.2, -0.15) is 0 Å². The van der Waals surface area contributed by atoms with Crippen LogP contribution in [0.4, 0.5) is 5.69 Å². The van der Waals surface area contributed by atoms with Gasteiger partial charge in [0.25, 0.3) is 0 Å². The second-order valence-corrected chi connectivity index (χ2v) is 13.4. The molecule has 1 aliphatic heterocycles. The van der Waals surface area contributed by atoms with Crippen LogP contribution in [0.3, 0.4) is 0 Å². The van der Waals surface area contributed by atoms with E-state index in [-0.39, 0.29) is 6.04 Å². The zero-order valence-electron chi connectivity index (χ0n) is 28.9. The van der Waals surface area contributed by atoms with Gasteiger partial charge in [0.05, 0.1) is 6.04 Å². The highest BCUT2D eigenvalue weighted by Crippen LogP contribution is 2.37. The van der Waals surface area contributed by atoms with Crippen LogP contribution in [0.5, 0.6) is 0 Å². The Labute approximate surface area is 301 Å². The van der Waals surface area contributed by atoms with Crippen LogP contribution in [-0.2, 0) is 0 Å². The molecule has 250 valence electrons. The highest BCUT2D eigenvalue weighted by molar-refractivity contribution is 5.87. The summed E-state index contributed by atoms with van der Waals surface area (Å²) >= 11 is 0. The van der Waals surface area contributed by atoms with Gasteiger partial charge in [-0.05, 0) is 125 Å². The normalized spacial score (nSPS) is 18.6. The molecular formula is C47H42N4. The minimum absolute atomic E-state index is 0.216. The number of nitrogens with one attached hydrogen (secondary N) is 1. The second-order valence-electron chi connectivity index (χ2n) is 13.4. The summed E-state index contributed by atoms with van der Waals surface area (Å²) in [4.78, 5) is 11.2. The molecule has 51 heavy (non-hydrogen) atoms. The van der Waals surface area contributed by atoms with Crippen LogP contribution in [0.25, 0.3) is 34.6 Å². The first-order valence-electron chi connectivity index (χ1n) is 18.0. The molecule has 1 unspecified atom stereocenters. The van der Waals surface area contributed by atoms with Crippen molar-refractivity contribution in [3.8, 4) is 0 Å².